The lowest BCUT2D eigenvalue weighted by Crippen LogP contribution is -2.53. The van der Waals surface area contributed by atoms with E-state index in [0.717, 1.165) is 31.0 Å². The number of nitrogens with zero attached hydrogens (tertiary/aromatic N) is 1. The van der Waals surface area contributed by atoms with Crippen molar-refractivity contribution in [3.8, 4) is 5.75 Å². The van der Waals surface area contributed by atoms with E-state index in [0.29, 0.717) is 64.0 Å². The molecule has 2 atom stereocenters. The van der Waals surface area contributed by atoms with Crippen LogP contribution in [0.2, 0.25) is 0 Å². The first kappa shape index (κ1) is 29.7. The summed E-state index contributed by atoms with van der Waals surface area (Å²) in [6.07, 6.45) is 1.59. The Kier molecular flexibility index (Phi) is 12.6. The van der Waals surface area contributed by atoms with E-state index in [1.54, 1.807) is 25.1 Å². The number of benzene rings is 1. The average molecular weight is 536 g/mol. The molecular formula is C26H37N3O9. The van der Waals surface area contributed by atoms with Gasteiger partial charge in [0, 0.05) is 31.7 Å². The molecule has 4 amide bonds. The molecular weight excluding hydrogens is 498 g/mol. The van der Waals surface area contributed by atoms with Gasteiger partial charge in [-0.15, -0.1) is 0 Å². The predicted octanol–water partition coefficient (Wildman–Crippen LogP) is 0.206. The Morgan fingerprint density at radius 1 is 1.08 bits per heavy atom. The van der Waals surface area contributed by atoms with Gasteiger partial charge < -0.3 is 29.0 Å². The normalized spacial score (nSPS) is 19.6. The number of hydrogen-bond acceptors (Lipinski definition) is 10. The van der Waals surface area contributed by atoms with Crippen molar-refractivity contribution in [3.05, 3.63) is 29.3 Å². The SMILES string of the molecule is Cc1cc(OCCOCCOCCOCCC2CNCCO2)ccc1C(=O)N(C=O)C1CCC(=O)NC1=O. The molecule has 3 rings (SSSR count). The molecule has 38 heavy (non-hydrogen) atoms. The van der Waals surface area contributed by atoms with Crippen LogP contribution in [0.15, 0.2) is 18.2 Å². The van der Waals surface area contributed by atoms with Crippen LogP contribution in [0.3, 0.4) is 0 Å². The van der Waals surface area contributed by atoms with Crippen LogP contribution in [0.25, 0.3) is 0 Å². The molecule has 2 aliphatic rings. The fourth-order valence-corrected chi connectivity index (χ4v) is 4.10. The van der Waals surface area contributed by atoms with E-state index in [1.807, 2.05) is 0 Å². The minimum Gasteiger partial charge on any atom is -0.491 e. The lowest BCUT2D eigenvalue weighted by molar-refractivity contribution is -0.139. The number of imide groups is 2. The van der Waals surface area contributed by atoms with E-state index in [9.17, 15) is 19.2 Å². The Hall–Kier alpha value is -2.90. The summed E-state index contributed by atoms with van der Waals surface area (Å²) in [6.45, 7) is 7.48. The molecule has 0 spiro atoms. The predicted molar refractivity (Wildman–Crippen MR) is 135 cm³/mol. The van der Waals surface area contributed by atoms with Gasteiger partial charge in [0.2, 0.25) is 18.2 Å². The summed E-state index contributed by atoms with van der Waals surface area (Å²) in [6, 6.07) is 3.83. The molecule has 2 saturated heterocycles. The number of carbonyl (C=O) groups is 4. The van der Waals surface area contributed by atoms with Crippen molar-refractivity contribution >= 4 is 24.1 Å². The van der Waals surface area contributed by atoms with E-state index in [1.165, 1.54) is 0 Å². The van der Waals surface area contributed by atoms with Gasteiger partial charge in [0.05, 0.1) is 45.7 Å². The first-order chi connectivity index (χ1) is 18.5. The van der Waals surface area contributed by atoms with Crippen molar-refractivity contribution in [2.75, 3.05) is 65.9 Å². The highest BCUT2D eigenvalue weighted by atomic mass is 16.6. The molecule has 0 aliphatic carbocycles. The van der Waals surface area contributed by atoms with Crippen LogP contribution >= 0.6 is 0 Å². The molecule has 2 N–H and O–H groups in total. The average Bonchev–Trinajstić information content (AvgIpc) is 2.91. The minimum atomic E-state index is -1.01. The van der Waals surface area contributed by atoms with Crippen molar-refractivity contribution in [1.29, 1.82) is 0 Å². The van der Waals surface area contributed by atoms with Crippen LogP contribution in [-0.4, -0.2) is 107 Å². The molecule has 2 unspecified atom stereocenters. The summed E-state index contributed by atoms with van der Waals surface area (Å²) in [5.41, 5.74) is 0.858. The Morgan fingerprint density at radius 2 is 1.79 bits per heavy atom. The molecule has 2 fully saturated rings. The number of piperidine rings is 1. The highest BCUT2D eigenvalue weighted by Gasteiger charge is 2.35. The fourth-order valence-electron chi connectivity index (χ4n) is 4.10. The smallest absolute Gasteiger partial charge is 0.261 e. The first-order valence-corrected chi connectivity index (χ1v) is 12.9. The summed E-state index contributed by atoms with van der Waals surface area (Å²) in [4.78, 5) is 48.8. The van der Waals surface area contributed by atoms with Crippen LogP contribution in [0.4, 0.5) is 0 Å². The molecule has 0 radical (unpaired) electrons. The molecule has 2 heterocycles. The summed E-state index contributed by atoms with van der Waals surface area (Å²) >= 11 is 0. The number of nitrogens with one attached hydrogen (secondary N) is 2. The largest absolute Gasteiger partial charge is 0.491 e. The van der Waals surface area contributed by atoms with Crippen molar-refractivity contribution in [2.45, 2.75) is 38.3 Å². The number of ether oxygens (including phenoxy) is 5. The van der Waals surface area contributed by atoms with E-state index in [2.05, 4.69) is 10.6 Å². The van der Waals surface area contributed by atoms with E-state index in [4.69, 9.17) is 23.7 Å². The maximum Gasteiger partial charge on any atom is 0.261 e. The third-order valence-corrected chi connectivity index (χ3v) is 6.15. The van der Waals surface area contributed by atoms with Gasteiger partial charge in [-0.25, -0.2) is 0 Å². The minimum absolute atomic E-state index is 0.0667. The zero-order valence-corrected chi connectivity index (χ0v) is 21.8. The monoisotopic (exact) mass is 535 g/mol. The standard InChI is InChI=1S/C26H37N3O9/c1-19-16-20(2-3-22(19)26(33)29(18-30)23-4-5-24(31)28-25(23)32)38-15-14-36-13-12-35-11-10-34-8-6-21-17-27-7-9-37-21/h2-3,16,18,21,23,27H,4-15,17H2,1H3,(H,28,31,32). The van der Waals surface area contributed by atoms with Gasteiger partial charge in [-0.3, -0.25) is 29.4 Å². The molecule has 0 saturated carbocycles. The summed E-state index contributed by atoms with van der Waals surface area (Å²) < 4.78 is 27.8. The lowest BCUT2D eigenvalue weighted by Gasteiger charge is -2.28. The molecule has 12 heteroatoms. The van der Waals surface area contributed by atoms with Crippen molar-refractivity contribution < 1.29 is 42.9 Å². The first-order valence-electron chi connectivity index (χ1n) is 12.9. The molecule has 2 aliphatic heterocycles. The Labute approximate surface area is 222 Å². The second-order valence-corrected chi connectivity index (χ2v) is 8.93. The van der Waals surface area contributed by atoms with Gasteiger partial charge in [-0.2, -0.15) is 0 Å². The van der Waals surface area contributed by atoms with Gasteiger partial charge >= 0.3 is 0 Å². The fraction of sp³-hybridized carbons (Fsp3) is 0.615. The zero-order chi connectivity index (χ0) is 27.2. The van der Waals surface area contributed by atoms with Crippen molar-refractivity contribution in [2.24, 2.45) is 0 Å². The molecule has 1 aromatic carbocycles. The molecule has 12 nitrogen and oxygen atoms in total. The number of hydrogen-bond donors (Lipinski definition) is 2. The summed E-state index contributed by atoms with van der Waals surface area (Å²) in [5, 5.41) is 5.45. The van der Waals surface area contributed by atoms with Gasteiger partial charge in [0.1, 0.15) is 18.4 Å². The topological polar surface area (TPSA) is 142 Å². The second-order valence-electron chi connectivity index (χ2n) is 8.93. The summed E-state index contributed by atoms with van der Waals surface area (Å²) in [5.74, 6) is -1.14. The van der Waals surface area contributed by atoms with Gasteiger partial charge in [0.15, 0.2) is 0 Å². The molecule has 0 aromatic heterocycles. The quantitative estimate of drug-likeness (QED) is 0.171. The van der Waals surface area contributed by atoms with E-state index >= 15 is 0 Å². The highest BCUT2D eigenvalue weighted by Crippen LogP contribution is 2.21. The molecule has 0 bridgehead atoms. The van der Waals surface area contributed by atoms with Crippen molar-refractivity contribution in [3.63, 3.8) is 0 Å². The zero-order valence-electron chi connectivity index (χ0n) is 21.8. The third kappa shape index (κ3) is 9.44. The van der Waals surface area contributed by atoms with Crippen LogP contribution in [0.5, 0.6) is 5.75 Å². The molecule has 1 aromatic rings. The van der Waals surface area contributed by atoms with E-state index < -0.39 is 23.8 Å². The number of morpholine rings is 1. The number of aryl methyl sites for hydroxylation is 1. The summed E-state index contributed by atoms with van der Waals surface area (Å²) in [7, 11) is 0. The maximum atomic E-state index is 12.9. The van der Waals surface area contributed by atoms with Crippen LogP contribution < -0.4 is 15.4 Å². The van der Waals surface area contributed by atoms with Crippen LogP contribution in [0.1, 0.15) is 35.2 Å². The number of rotatable bonds is 16. The Balaban J connectivity index is 1.26. The lowest BCUT2D eigenvalue weighted by atomic mass is 10.0. The highest BCUT2D eigenvalue weighted by molar-refractivity contribution is 6.07. The third-order valence-electron chi connectivity index (χ3n) is 6.15. The van der Waals surface area contributed by atoms with Crippen LogP contribution in [-0.2, 0) is 33.3 Å². The second kappa shape index (κ2) is 16.1. The van der Waals surface area contributed by atoms with E-state index in [-0.39, 0.29) is 24.5 Å². The van der Waals surface area contributed by atoms with Crippen molar-refractivity contribution in [1.82, 2.24) is 15.5 Å². The number of amides is 4. The maximum absolute atomic E-state index is 12.9. The van der Waals surface area contributed by atoms with Gasteiger partial charge in [-0.05, 0) is 43.5 Å². The van der Waals surface area contributed by atoms with Gasteiger partial charge in [0.25, 0.3) is 5.91 Å². The van der Waals surface area contributed by atoms with Crippen LogP contribution in [0, 0.1) is 6.92 Å². The Morgan fingerprint density at radius 3 is 2.42 bits per heavy atom. The number of carbonyl (C=O) groups excluding carboxylic acids is 4. The van der Waals surface area contributed by atoms with Gasteiger partial charge in [-0.1, -0.05) is 0 Å². The Bertz CT molecular complexity index is 937. The molecule has 210 valence electrons.